The van der Waals surface area contributed by atoms with Crippen LogP contribution in [0.15, 0.2) is 35.4 Å². The zero-order chi connectivity index (χ0) is 15.4. The molecule has 2 aliphatic rings. The molecule has 3 rings (SSSR count). The molecule has 1 atom stereocenters. The fourth-order valence-corrected chi connectivity index (χ4v) is 2.89. The smallest absolute Gasteiger partial charge is 0.245 e. The molecule has 0 saturated carbocycles. The van der Waals surface area contributed by atoms with Gasteiger partial charge in [-0.05, 0) is 5.56 Å². The summed E-state index contributed by atoms with van der Waals surface area (Å²) >= 11 is 0. The van der Waals surface area contributed by atoms with Gasteiger partial charge < -0.3 is 4.74 Å². The van der Waals surface area contributed by atoms with Gasteiger partial charge >= 0.3 is 0 Å². The third-order valence-electron chi connectivity index (χ3n) is 4.26. The van der Waals surface area contributed by atoms with Crippen LogP contribution in [-0.2, 0) is 9.53 Å². The van der Waals surface area contributed by atoms with E-state index in [1.54, 1.807) is 5.01 Å². The summed E-state index contributed by atoms with van der Waals surface area (Å²) in [6.45, 7) is 6.93. The molecular weight excluding hydrogens is 278 g/mol. The average molecular weight is 301 g/mol. The number of morpholine rings is 1. The molecule has 0 aromatic heterocycles. The zero-order valence-corrected chi connectivity index (χ0v) is 13.1. The number of nitrogens with zero attached hydrogens (tertiary/aromatic N) is 3. The van der Waals surface area contributed by atoms with Gasteiger partial charge in [-0.15, -0.1) is 0 Å². The summed E-state index contributed by atoms with van der Waals surface area (Å²) in [4.78, 5) is 14.7. The topological polar surface area (TPSA) is 45.1 Å². The Morgan fingerprint density at radius 3 is 2.64 bits per heavy atom. The summed E-state index contributed by atoms with van der Waals surface area (Å²) in [7, 11) is 0. The van der Waals surface area contributed by atoms with Crippen LogP contribution in [0.3, 0.4) is 0 Å². The Bertz CT molecular complexity index is 538. The van der Waals surface area contributed by atoms with Gasteiger partial charge in [0.25, 0.3) is 0 Å². The molecule has 22 heavy (non-hydrogen) atoms. The van der Waals surface area contributed by atoms with Crippen LogP contribution in [0.25, 0.3) is 0 Å². The maximum atomic E-state index is 12.4. The van der Waals surface area contributed by atoms with Gasteiger partial charge in [0, 0.05) is 32.0 Å². The van der Waals surface area contributed by atoms with Crippen molar-refractivity contribution in [3.63, 3.8) is 0 Å². The minimum Gasteiger partial charge on any atom is -0.379 e. The molecule has 5 nitrogen and oxygen atoms in total. The number of rotatable bonds is 4. The molecule has 5 heteroatoms. The highest BCUT2D eigenvalue weighted by molar-refractivity contribution is 6.04. The minimum atomic E-state index is -0.00241. The fraction of sp³-hybridized carbons (Fsp3) is 0.529. The Morgan fingerprint density at radius 1 is 1.18 bits per heavy atom. The fourth-order valence-electron chi connectivity index (χ4n) is 2.89. The van der Waals surface area contributed by atoms with Crippen LogP contribution < -0.4 is 0 Å². The molecular formula is C17H23N3O2. The van der Waals surface area contributed by atoms with Gasteiger partial charge in [0.1, 0.15) is 0 Å². The highest BCUT2D eigenvalue weighted by Gasteiger charge is 2.28. The van der Waals surface area contributed by atoms with E-state index >= 15 is 0 Å². The number of carbonyl (C=O) groups is 1. The molecule has 2 heterocycles. The van der Waals surface area contributed by atoms with Gasteiger partial charge in [0.05, 0.1) is 25.5 Å². The van der Waals surface area contributed by atoms with Crippen molar-refractivity contribution < 1.29 is 9.53 Å². The first-order valence-electron chi connectivity index (χ1n) is 7.98. The number of hydrogen-bond donors (Lipinski definition) is 0. The van der Waals surface area contributed by atoms with Gasteiger partial charge in [-0.3, -0.25) is 9.69 Å². The molecule has 0 spiro atoms. The maximum absolute atomic E-state index is 12.4. The molecule has 0 aliphatic carbocycles. The lowest BCUT2D eigenvalue weighted by Gasteiger charge is -2.31. The Balaban J connectivity index is 1.69. The molecule has 118 valence electrons. The van der Waals surface area contributed by atoms with E-state index in [0.29, 0.717) is 6.54 Å². The van der Waals surface area contributed by atoms with E-state index in [0.717, 1.165) is 50.5 Å². The molecule has 1 fully saturated rings. The predicted octanol–water partition coefficient (Wildman–Crippen LogP) is 1.59. The van der Waals surface area contributed by atoms with Crippen LogP contribution in [0.1, 0.15) is 18.9 Å². The molecule has 0 N–H and O–H groups in total. The standard InChI is InChI=1S/C17H23N3O2/c1-14-13-16(15-5-3-2-4-6-15)18-20(17(14)21)8-7-19-9-11-22-12-10-19/h2-6,14H,7-13H2,1H3. The van der Waals surface area contributed by atoms with E-state index in [2.05, 4.69) is 22.1 Å². The maximum Gasteiger partial charge on any atom is 0.245 e. The van der Waals surface area contributed by atoms with E-state index in [-0.39, 0.29) is 11.8 Å². The first-order chi connectivity index (χ1) is 10.7. The summed E-state index contributed by atoms with van der Waals surface area (Å²) in [5.74, 6) is 0.130. The zero-order valence-electron chi connectivity index (χ0n) is 13.1. The number of hydrazone groups is 1. The van der Waals surface area contributed by atoms with Crippen LogP contribution in [0, 0.1) is 5.92 Å². The van der Waals surface area contributed by atoms with Crippen molar-refractivity contribution in [3.05, 3.63) is 35.9 Å². The first kappa shape index (κ1) is 15.2. The van der Waals surface area contributed by atoms with Gasteiger partial charge in [-0.25, -0.2) is 5.01 Å². The van der Waals surface area contributed by atoms with Crippen molar-refractivity contribution in [3.8, 4) is 0 Å². The number of carbonyl (C=O) groups excluding carboxylic acids is 1. The molecule has 1 amide bonds. The van der Waals surface area contributed by atoms with Crippen LogP contribution >= 0.6 is 0 Å². The monoisotopic (exact) mass is 301 g/mol. The van der Waals surface area contributed by atoms with Crippen molar-refractivity contribution in [2.75, 3.05) is 39.4 Å². The molecule has 0 bridgehead atoms. The third-order valence-corrected chi connectivity index (χ3v) is 4.26. The van der Waals surface area contributed by atoms with Crippen LogP contribution in [0.2, 0.25) is 0 Å². The third kappa shape index (κ3) is 3.54. The van der Waals surface area contributed by atoms with Crippen LogP contribution in [0.5, 0.6) is 0 Å². The SMILES string of the molecule is CC1CC(c2ccccc2)=NN(CCN2CCOCC2)C1=O. The number of benzene rings is 1. The van der Waals surface area contributed by atoms with Gasteiger partial charge in [-0.2, -0.15) is 5.10 Å². The minimum absolute atomic E-state index is 0.00241. The van der Waals surface area contributed by atoms with Gasteiger partial charge in [-0.1, -0.05) is 37.3 Å². The lowest BCUT2D eigenvalue weighted by molar-refractivity contribution is -0.136. The molecule has 1 aromatic carbocycles. The second-order valence-electron chi connectivity index (χ2n) is 5.93. The van der Waals surface area contributed by atoms with E-state index < -0.39 is 0 Å². The van der Waals surface area contributed by atoms with Gasteiger partial charge in [0.2, 0.25) is 5.91 Å². The van der Waals surface area contributed by atoms with Crippen LogP contribution in [-0.4, -0.2) is 60.9 Å². The lowest BCUT2D eigenvalue weighted by atomic mass is 9.96. The normalized spacial score (nSPS) is 23.5. The average Bonchev–Trinajstić information content (AvgIpc) is 2.58. The van der Waals surface area contributed by atoms with Crippen molar-refractivity contribution in [2.24, 2.45) is 11.0 Å². The summed E-state index contributed by atoms with van der Waals surface area (Å²) in [6.07, 6.45) is 0.719. The largest absolute Gasteiger partial charge is 0.379 e. The second-order valence-corrected chi connectivity index (χ2v) is 5.93. The highest BCUT2D eigenvalue weighted by Crippen LogP contribution is 2.20. The van der Waals surface area contributed by atoms with Crippen molar-refractivity contribution in [1.82, 2.24) is 9.91 Å². The van der Waals surface area contributed by atoms with Crippen molar-refractivity contribution in [2.45, 2.75) is 13.3 Å². The number of hydrogen-bond acceptors (Lipinski definition) is 4. The number of ether oxygens (including phenoxy) is 1. The molecule has 0 radical (unpaired) electrons. The Morgan fingerprint density at radius 2 is 1.91 bits per heavy atom. The molecule has 1 saturated heterocycles. The summed E-state index contributed by atoms with van der Waals surface area (Å²) in [5.41, 5.74) is 2.12. The van der Waals surface area contributed by atoms with Crippen molar-refractivity contribution >= 4 is 11.6 Å². The molecule has 1 aromatic rings. The van der Waals surface area contributed by atoms with Crippen LogP contribution in [0.4, 0.5) is 0 Å². The van der Waals surface area contributed by atoms with E-state index in [1.807, 2.05) is 25.1 Å². The van der Waals surface area contributed by atoms with Crippen molar-refractivity contribution in [1.29, 1.82) is 0 Å². The molecule has 1 unspecified atom stereocenters. The van der Waals surface area contributed by atoms with E-state index in [4.69, 9.17) is 4.74 Å². The highest BCUT2D eigenvalue weighted by atomic mass is 16.5. The summed E-state index contributed by atoms with van der Waals surface area (Å²) in [5, 5.41) is 6.27. The Hall–Kier alpha value is -1.72. The van der Waals surface area contributed by atoms with E-state index in [1.165, 1.54) is 0 Å². The Labute approximate surface area is 131 Å². The van der Waals surface area contributed by atoms with Gasteiger partial charge in [0.15, 0.2) is 0 Å². The lowest BCUT2D eigenvalue weighted by Crippen LogP contribution is -2.44. The molecule has 2 aliphatic heterocycles. The Kier molecular flexibility index (Phi) is 4.85. The predicted molar refractivity (Wildman–Crippen MR) is 85.7 cm³/mol. The van der Waals surface area contributed by atoms with E-state index in [9.17, 15) is 4.79 Å². The first-order valence-corrected chi connectivity index (χ1v) is 7.98. The summed E-state index contributed by atoms with van der Waals surface area (Å²) in [6, 6.07) is 10.1. The number of amides is 1. The second kappa shape index (κ2) is 7.03. The summed E-state index contributed by atoms with van der Waals surface area (Å²) < 4.78 is 5.35. The quantitative estimate of drug-likeness (QED) is 0.848.